The van der Waals surface area contributed by atoms with E-state index in [1.807, 2.05) is 6.07 Å². The highest BCUT2D eigenvalue weighted by atomic mass is 32.2. The fourth-order valence-corrected chi connectivity index (χ4v) is 4.26. The molecule has 3 N–H and O–H groups in total. The van der Waals surface area contributed by atoms with Crippen molar-refractivity contribution in [3.63, 3.8) is 0 Å². The van der Waals surface area contributed by atoms with E-state index in [9.17, 15) is 17.9 Å². The zero-order valence-electron chi connectivity index (χ0n) is 14.6. The molecule has 0 fully saturated rings. The summed E-state index contributed by atoms with van der Waals surface area (Å²) >= 11 is 0. The molecule has 142 valence electrons. The lowest BCUT2D eigenvalue weighted by Gasteiger charge is -2.20. The highest BCUT2D eigenvalue weighted by Crippen LogP contribution is 2.40. The molecule has 0 bridgehead atoms. The van der Waals surface area contributed by atoms with E-state index in [1.54, 1.807) is 13.0 Å². The van der Waals surface area contributed by atoms with Crippen LogP contribution in [0.4, 0.5) is 15.9 Å². The van der Waals surface area contributed by atoms with Gasteiger partial charge in [-0.05, 0) is 18.6 Å². The number of nitrogens with one attached hydrogen (secondary N) is 2. The number of aromatic nitrogens is 1. The fraction of sp³-hybridized carbons (Fsp3) is 0.333. The molecule has 7 nitrogen and oxygen atoms in total. The van der Waals surface area contributed by atoms with E-state index in [0.29, 0.717) is 29.9 Å². The van der Waals surface area contributed by atoms with Gasteiger partial charge in [0.05, 0.1) is 23.1 Å². The Balaban J connectivity index is 1.93. The van der Waals surface area contributed by atoms with E-state index in [-0.39, 0.29) is 17.0 Å². The second-order valence-corrected chi connectivity index (χ2v) is 8.18. The zero-order valence-corrected chi connectivity index (χ0v) is 15.4. The van der Waals surface area contributed by atoms with E-state index in [4.69, 9.17) is 5.26 Å². The van der Waals surface area contributed by atoms with Crippen molar-refractivity contribution >= 4 is 21.5 Å². The number of rotatable bonds is 6. The summed E-state index contributed by atoms with van der Waals surface area (Å²) in [5.41, 5.74) is 0.748. The third kappa shape index (κ3) is 3.86. The highest BCUT2D eigenvalue weighted by Gasteiger charge is 2.33. The van der Waals surface area contributed by atoms with Crippen LogP contribution in [0, 0.1) is 17.1 Å². The van der Waals surface area contributed by atoms with Gasteiger partial charge in [0, 0.05) is 29.8 Å². The van der Waals surface area contributed by atoms with Crippen molar-refractivity contribution in [2.45, 2.75) is 25.4 Å². The molecule has 2 unspecified atom stereocenters. The number of benzene rings is 1. The molecule has 0 spiro atoms. The van der Waals surface area contributed by atoms with Crippen molar-refractivity contribution in [3.8, 4) is 6.07 Å². The molecule has 1 aromatic heterocycles. The van der Waals surface area contributed by atoms with Crippen molar-refractivity contribution in [2.75, 3.05) is 22.3 Å². The summed E-state index contributed by atoms with van der Waals surface area (Å²) in [6, 6.07) is 7.82. The number of fused-ring (bicyclic) bond motifs is 1. The van der Waals surface area contributed by atoms with Crippen molar-refractivity contribution in [3.05, 3.63) is 53.0 Å². The molecule has 1 aromatic carbocycles. The van der Waals surface area contributed by atoms with E-state index >= 15 is 0 Å². The second-order valence-electron chi connectivity index (χ2n) is 6.34. The lowest BCUT2D eigenvalue weighted by molar-refractivity contribution is 0.147. The first kappa shape index (κ1) is 19.1. The molecule has 1 aliphatic rings. The van der Waals surface area contributed by atoms with Crippen molar-refractivity contribution in [1.29, 1.82) is 5.26 Å². The summed E-state index contributed by atoms with van der Waals surface area (Å²) in [7, 11) is -3.66. The van der Waals surface area contributed by atoms with Gasteiger partial charge in [-0.3, -0.25) is 4.72 Å². The third-order valence-corrected chi connectivity index (χ3v) is 5.88. The number of hydrogen-bond acceptors (Lipinski definition) is 6. The average molecular weight is 390 g/mol. The lowest BCUT2D eigenvalue weighted by atomic mass is 9.90. The van der Waals surface area contributed by atoms with Crippen LogP contribution in [0.15, 0.2) is 30.5 Å². The predicted octanol–water partition coefficient (Wildman–Crippen LogP) is 2.49. The zero-order chi connectivity index (χ0) is 19.6. The van der Waals surface area contributed by atoms with Gasteiger partial charge in [0.15, 0.2) is 5.82 Å². The lowest BCUT2D eigenvalue weighted by Crippen LogP contribution is -2.19. The predicted molar refractivity (Wildman–Crippen MR) is 99.2 cm³/mol. The van der Waals surface area contributed by atoms with Crippen LogP contribution >= 0.6 is 0 Å². The van der Waals surface area contributed by atoms with Crippen molar-refractivity contribution < 1.29 is 17.9 Å². The number of aliphatic hydroxyl groups is 1. The Hall–Kier alpha value is -2.70. The molecule has 2 heterocycles. The van der Waals surface area contributed by atoms with Gasteiger partial charge in [-0.15, -0.1) is 0 Å². The number of hydrogen-bond donors (Lipinski definition) is 3. The molecule has 0 radical (unpaired) electrons. The summed E-state index contributed by atoms with van der Waals surface area (Å²) in [4.78, 5) is 4.14. The molecule has 0 amide bonds. The summed E-state index contributed by atoms with van der Waals surface area (Å²) in [5, 5.41) is 22.8. The first-order chi connectivity index (χ1) is 12.9. The number of pyridine rings is 1. The van der Waals surface area contributed by atoms with Gasteiger partial charge < -0.3 is 10.4 Å². The Morgan fingerprint density at radius 3 is 3.00 bits per heavy atom. The second kappa shape index (κ2) is 7.50. The minimum absolute atomic E-state index is 0.0197. The van der Waals surface area contributed by atoms with Crippen LogP contribution in [0.3, 0.4) is 0 Å². The van der Waals surface area contributed by atoms with Crippen LogP contribution in [0.2, 0.25) is 0 Å². The molecule has 1 aliphatic heterocycles. The fourth-order valence-electron chi connectivity index (χ4n) is 3.13. The molecule has 2 aromatic rings. The molecule has 0 saturated carbocycles. The maximum Gasteiger partial charge on any atom is 0.232 e. The van der Waals surface area contributed by atoms with Gasteiger partial charge in [0.1, 0.15) is 11.9 Å². The summed E-state index contributed by atoms with van der Waals surface area (Å²) in [6.45, 7) is 2.04. The van der Waals surface area contributed by atoms with Crippen LogP contribution in [-0.4, -0.2) is 30.8 Å². The SMILES string of the molecule is CCCS(=O)(=O)Nc1cccc(C(O)C2CNc3ncc(C#N)cc32)c1F. The standard InChI is InChI=1S/C18H19FN4O3S/c1-2-6-27(25,26)23-15-5-3-4-12(16(15)19)17(24)14-10-22-18-13(14)7-11(8-20)9-21-18/h3-5,7,9,14,17,23-24H,2,6,10H2,1H3,(H,21,22). The smallest absolute Gasteiger partial charge is 0.232 e. The minimum atomic E-state index is -3.66. The number of halogens is 1. The number of aliphatic hydroxyl groups excluding tert-OH is 1. The van der Waals surface area contributed by atoms with Gasteiger partial charge in [0.2, 0.25) is 10.0 Å². The Morgan fingerprint density at radius 1 is 1.52 bits per heavy atom. The molecule has 27 heavy (non-hydrogen) atoms. The molecule has 3 rings (SSSR count). The minimum Gasteiger partial charge on any atom is -0.388 e. The van der Waals surface area contributed by atoms with Crippen LogP contribution in [0.25, 0.3) is 0 Å². The first-order valence-electron chi connectivity index (χ1n) is 8.47. The number of nitriles is 1. The average Bonchev–Trinajstić information content (AvgIpc) is 3.05. The Morgan fingerprint density at radius 2 is 2.30 bits per heavy atom. The number of nitrogens with zero attached hydrogens (tertiary/aromatic N) is 2. The van der Waals surface area contributed by atoms with Gasteiger partial charge in [-0.2, -0.15) is 5.26 Å². The van der Waals surface area contributed by atoms with Crippen LogP contribution in [0.1, 0.15) is 42.1 Å². The summed E-state index contributed by atoms with van der Waals surface area (Å²) < 4.78 is 41.0. The van der Waals surface area contributed by atoms with Crippen molar-refractivity contribution in [1.82, 2.24) is 4.98 Å². The van der Waals surface area contributed by atoms with Crippen molar-refractivity contribution in [2.24, 2.45) is 0 Å². The molecular formula is C18H19FN4O3S. The van der Waals surface area contributed by atoms with Gasteiger partial charge in [-0.1, -0.05) is 19.1 Å². The van der Waals surface area contributed by atoms with E-state index in [0.717, 1.165) is 0 Å². The van der Waals surface area contributed by atoms with E-state index in [2.05, 4.69) is 15.0 Å². The first-order valence-corrected chi connectivity index (χ1v) is 10.1. The number of anilines is 2. The Labute approximate surface area is 156 Å². The van der Waals surface area contributed by atoms with Crippen LogP contribution in [-0.2, 0) is 10.0 Å². The van der Waals surface area contributed by atoms with E-state index < -0.39 is 27.9 Å². The van der Waals surface area contributed by atoms with Gasteiger partial charge in [0.25, 0.3) is 0 Å². The molecule has 0 saturated heterocycles. The number of sulfonamides is 1. The third-order valence-electron chi connectivity index (χ3n) is 4.40. The quantitative estimate of drug-likeness (QED) is 0.698. The topological polar surface area (TPSA) is 115 Å². The highest BCUT2D eigenvalue weighted by molar-refractivity contribution is 7.92. The molecule has 2 atom stereocenters. The maximum absolute atomic E-state index is 14.9. The maximum atomic E-state index is 14.9. The molecule has 0 aliphatic carbocycles. The largest absolute Gasteiger partial charge is 0.388 e. The van der Waals surface area contributed by atoms with Crippen LogP contribution < -0.4 is 10.0 Å². The van der Waals surface area contributed by atoms with E-state index in [1.165, 1.54) is 24.4 Å². The van der Waals surface area contributed by atoms with Gasteiger partial charge >= 0.3 is 0 Å². The molecule has 9 heteroatoms. The van der Waals surface area contributed by atoms with Gasteiger partial charge in [-0.25, -0.2) is 17.8 Å². The summed E-state index contributed by atoms with van der Waals surface area (Å²) in [6.07, 6.45) is 0.590. The molecular weight excluding hydrogens is 371 g/mol. The normalized spacial score (nSPS) is 16.9. The summed E-state index contributed by atoms with van der Waals surface area (Å²) in [5.74, 6) is -0.916. The Kier molecular flexibility index (Phi) is 5.30. The van der Waals surface area contributed by atoms with Crippen LogP contribution in [0.5, 0.6) is 0 Å². The monoisotopic (exact) mass is 390 g/mol. The Bertz CT molecular complexity index is 1000.